The molecule has 0 aliphatic heterocycles. The summed E-state index contributed by atoms with van der Waals surface area (Å²) in [6, 6.07) is 5.76. The molecule has 4 rings (SSSR count). The summed E-state index contributed by atoms with van der Waals surface area (Å²) >= 11 is 0. The van der Waals surface area contributed by atoms with Crippen LogP contribution in [-0.4, -0.2) is 26.9 Å². The maximum atomic E-state index is 12.9. The molecule has 6 nitrogen and oxygen atoms in total. The van der Waals surface area contributed by atoms with Crippen LogP contribution in [0.3, 0.4) is 0 Å². The zero-order valence-electron chi connectivity index (χ0n) is 15.2. The largest absolute Gasteiger partial charge is 0.451 e. The highest BCUT2D eigenvalue weighted by Gasteiger charge is 2.37. The third kappa shape index (κ3) is 2.90. The van der Waals surface area contributed by atoms with Gasteiger partial charge >= 0.3 is 0 Å². The molecule has 0 spiro atoms. The highest BCUT2D eigenvalue weighted by Crippen LogP contribution is 2.38. The summed E-state index contributed by atoms with van der Waals surface area (Å²) in [6.45, 7) is 3.90. The monoisotopic (exact) mass is 353 g/mol. The molecule has 2 heterocycles. The first-order valence-corrected chi connectivity index (χ1v) is 8.89. The second-order valence-electron chi connectivity index (χ2n) is 7.34. The maximum absolute atomic E-state index is 12.9. The second kappa shape index (κ2) is 6.29. The summed E-state index contributed by atoms with van der Waals surface area (Å²) in [7, 11) is 1.85. The zero-order chi connectivity index (χ0) is 18.4. The smallest absolute Gasteiger partial charge is 0.287 e. The van der Waals surface area contributed by atoms with E-state index in [4.69, 9.17) is 4.42 Å². The number of hydrogen-bond acceptors (Lipinski definition) is 4. The highest BCUT2D eigenvalue weighted by molar-refractivity contribution is 5.99. The van der Waals surface area contributed by atoms with Gasteiger partial charge in [-0.2, -0.15) is 5.10 Å². The summed E-state index contributed by atoms with van der Waals surface area (Å²) < 4.78 is 7.57. The first-order valence-electron chi connectivity index (χ1n) is 8.89. The standard InChI is InChI=1S/C20H23N3O3/c1-11-4-5-16-12(2)19(26-17(16)6-11)20(25)22-18(13-7-15(24)8-13)14-9-21-23(3)10-14/h4-6,9-10,13,15,18,24H,7-8H2,1-3H3,(H,22,25)/t13?,15?,18-/m1/s1. The molecule has 1 atom stereocenters. The molecule has 136 valence electrons. The number of nitrogens with one attached hydrogen (secondary N) is 1. The van der Waals surface area contributed by atoms with E-state index < -0.39 is 0 Å². The minimum Gasteiger partial charge on any atom is -0.451 e. The lowest BCUT2D eigenvalue weighted by atomic mass is 9.75. The maximum Gasteiger partial charge on any atom is 0.287 e. The number of aliphatic hydroxyl groups excluding tert-OH is 1. The number of aryl methyl sites for hydroxylation is 3. The Morgan fingerprint density at radius 3 is 2.81 bits per heavy atom. The summed E-state index contributed by atoms with van der Waals surface area (Å²) in [5.74, 6) is 0.316. The third-order valence-corrected chi connectivity index (χ3v) is 5.29. The van der Waals surface area contributed by atoms with Crippen LogP contribution in [0.15, 0.2) is 35.0 Å². The summed E-state index contributed by atoms with van der Waals surface area (Å²) in [4.78, 5) is 12.9. The van der Waals surface area contributed by atoms with Crippen LogP contribution in [0.2, 0.25) is 0 Å². The van der Waals surface area contributed by atoms with E-state index in [1.54, 1.807) is 10.9 Å². The lowest BCUT2D eigenvalue weighted by molar-refractivity contribution is 0.0232. The number of benzene rings is 1. The molecule has 26 heavy (non-hydrogen) atoms. The molecule has 0 radical (unpaired) electrons. The van der Waals surface area contributed by atoms with E-state index in [0.29, 0.717) is 18.6 Å². The van der Waals surface area contributed by atoms with Crippen LogP contribution < -0.4 is 5.32 Å². The van der Waals surface area contributed by atoms with Gasteiger partial charge in [-0.3, -0.25) is 9.48 Å². The number of aliphatic hydroxyl groups is 1. The Hall–Kier alpha value is -2.60. The van der Waals surface area contributed by atoms with E-state index >= 15 is 0 Å². The Morgan fingerprint density at radius 2 is 2.15 bits per heavy atom. The van der Waals surface area contributed by atoms with Crippen molar-refractivity contribution in [3.8, 4) is 0 Å². The molecule has 1 saturated carbocycles. The average Bonchev–Trinajstić information content (AvgIpc) is 3.13. The number of furan rings is 1. The molecule has 0 bridgehead atoms. The second-order valence-corrected chi connectivity index (χ2v) is 7.34. The minimum absolute atomic E-state index is 0.186. The Labute approximate surface area is 151 Å². The zero-order valence-corrected chi connectivity index (χ0v) is 15.2. The van der Waals surface area contributed by atoms with Crippen molar-refractivity contribution in [2.45, 2.75) is 38.8 Å². The van der Waals surface area contributed by atoms with Gasteiger partial charge in [0.2, 0.25) is 0 Å². The van der Waals surface area contributed by atoms with Gasteiger partial charge in [-0.05, 0) is 44.2 Å². The molecular formula is C20H23N3O3. The predicted molar refractivity (Wildman–Crippen MR) is 97.8 cm³/mol. The van der Waals surface area contributed by atoms with E-state index in [0.717, 1.165) is 27.7 Å². The molecule has 2 aromatic heterocycles. The van der Waals surface area contributed by atoms with Gasteiger partial charge in [0, 0.05) is 29.8 Å². The van der Waals surface area contributed by atoms with Crippen molar-refractivity contribution in [2.75, 3.05) is 0 Å². The number of fused-ring (bicyclic) bond motifs is 1. The van der Waals surface area contributed by atoms with Crippen molar-refractivity contribution in [1.29, 1.82) is 0 Å². The van der Waals surface area contributed by atoms with Gasteiger partial charge in [-0.1, -0.05) is 12.1 Å². The highest BCUT2D eigenvalue weighted by atomic mass is 16.3. The Balaban J connectivity index is 1.63. The van der Waals surface area contributed by atoms with Gasteiger partial charge in [0.25, 0.3) is 5.91 Å². The third-order valence-electron chi connectivity index (χ3n) is 5.29. The minimum atomic E-state index is -0.285. The molecule has 3 aromatic rings. The van der Waals surface area contributed by atoms with Gasteiger partial charge in [0.1, 0.15) is 5.58 Å². The predicted octanol–water partition coefficient (Wildman–Crippen LogP) is 3.03. The molecule has 2 N–H and O–H groups in total. The van der Waals surface area contributed by atoms with Crippen LogP contribution in [0, 0.1) is 19.8 Å². The molecular weight excluding hydrogens is 330 g/mol. The molecule has 1 aromatic carbocycles. The van der Waals surface area contributed by atoms with Crippen LogP contribution in [0.25, 0.3) is 11.0 Å². The van der Waals surface area contributed by atoms with Gasteiger partial charge in [0.05, 0.1) is 18.3 Å². The normalized spacial score (nSPS) is 20.8. The molecule has 1 amide bonds. The fourth-order valence-corrected chi connectivity index (χ4v) is 3.73. The van der Waals surface area contributed by atoms with Crippen molar-refractivity contribution < 1.29 is 14.3 Å². The number of rotatable bonds is 4. The quantitative estimate of drug-likeness (QED) is 0.755. The van der Waals surface area contributed by atoms with E-state index in [9.17, 15) is 9.90 Å². The molecule has 1 fully saturated rings. The van der Waals surface area contributed by atoms with Crippen LogP contribution in [0.1, 0.15) is 46.1 Å². The Bertz CT molecular complexity index is 966. The summed E-state index contributed by atoms with van der Waals surface area (Å²) in [6.07, 6.45) is 4.75. The average molecular weight is 353 g/mol. The molecule has 1 aliphatic carbocycles. The molecule has 0 unspecified atom stereocenters. The van der Waals surface area contributed by atoms with Crippen LogP contribution >= 0.6 is 0 Å². The first-order chi connectivity index (χ1) is 12.4. The number of carbonyl (C=O) groups excluding carboxylic acids is 1. The van der Waals surface area contributed by atoms with E-state index in [2.05, 4.69) is 10.4 Å². The number of hydrogen-bond donors (Lipinski definition) is 2. The van der Waals surface area contributed by atoms with Crippen LogP contribution in [0.5, 0.6) is 0 Å². The fraction of sp³-hybridized carbons (Fsp3) is 0.400. The van der Waals surface area contributed by atoms with Crippen molar-refractivity contribution in [1.82, 2.24) is 15.1 Å². The van der Waals surface area contributed by atoms with Crippen molar-refractivity contribution in [3.05, 3.63) is 53.0 Å². The van der Waals surface area contributed by atoms with E-state index in [-0.39, 0.29) is 24.0 Å². The fourth-order valence-electron chi connectivity index (χ4n) is 3.73. The molecule has 1 aliphatic rings. The Morgan fingerprint density at radius 1 is 1.38 bits per heavy atom. The number of amides is 1. The summed E-state index contributed by atoms with van der Waals surface area (Å²) in [5.41, 5.74) is 3.61. The van der Waals surface area contributed by atoms with Crippen LogP contribution in [-0.2, 0) is 7.05 Å². The lowest BCUT2D eigenvalue weighted by Crippen LogP contribution is -2.41. The van der Waals surface area contributed by atoms with Crippen molar-refractivity contribution in [3.63, 3.8) is 0 Å². The lowest BCUT2D eigenvalue weighted by Gasteiger charge is -2.37. The van der Waals surface area contributed by atoms with Crippen LogP contribution in [0.4, 0.5) is 0 Å². The molecule has 0 saturated heterocycles. The van der Waals surface area contributed by atoms with E-state index in [1.807, 2.05) is 45.3 Å². The van der Waals surface area contributed by atoms with Gasteiger partial charge in [-0.25, -0.2) is 0 Å². The van der Waals surface area contributed by atoms with E-state index in [1.165, 1.54) is 0 Å². The van der Waals surface area contributed by atoms with Gasteiger partial charge in [0.15, 0.2) is 5.76 Å². The first kappa shape index (κ1) is 16.8. The SMILES string of the molecule is Cc1ccc2c(C)c(C(=O)N[C@@H](c3cnn(C)c3)C3CC(O)C3)oc2c1. The number of nitrogens with zero attached hydrogens (tertiary/aromatic N) is 2. The van der Waals surface area contributed by atoms with Crippen molar-refractivity contribution in [2.24, 2.45) is 13.0 Å². The van der Waals surface area contributed by atoms with Crippen molar-refractivity contribution >= 4 is 16.9 Å². The van der Waals surface area contributed by atoms with Gasteiger partial charge < -0.3 is 14.8 Å². The number of carbonyl (C=O) groups is 1. The summed E-state index contributed by atoms with van der Waals surface area (Å²) in [5, 5.41) is 18.0. The Kier molecular flexibility index (Phi) is 4.07. The topological polar surface area (TPSA) is 80.3 Å². The number of aromatic nitrogens is 2. The van der Waals surface area contributed by atoms with Gasteiger partial charge in [-0.15, -0.1) is 0 Å². The molecule has 6 heteroatoms.